The van der Waals surface area contributed by atoms with E-state index in [1.54, 1.807) is 0 Å². The van der Waals surface area contributed by atoms with Crippen LogP contribution in [0.1, 0.15) is 31.9 Å². The zero-order valence-corrected chi connectivity index (χ0v) is 13.3. The molecule has 0 bridgehead atoms. The summed E-state index contributed by atoms with van der Waals surface area (Å²) < 4.78 is 1.86. The maximum atomic E-state index is 12.5. The van der Waals surface area contributed by atoms with E-state index in [-0.39, 0.29) is 11.6 Å². The van der Waals surface area contributed by atoms with Gasteiger partial charge in [0, 0.05) is 22.4 Å². The molecule has 0 aliphatic carbocycles. The van der Waals surface area contributed by atoms with E-state index in [0.29, 0.717) is 10.8 Å². The van der Waals surface area contributed by atoms with Gasteiger partial charge in [0.1, 0.15) is 0 Å². The van der Waals surface area contributed by atoms with Crippen molar-refractivity contribution in [2.24, 2.45) is 0 Å². The molecule has 0 fully saturated rings. The molecule has 0 N–H and O–H groups in total. The van der Waals surface area contributed by atoms with Crippen molar-refractivity contribution in [1.82, 2.24) is 4.57 Å². The fourth-order valence-electron chi connectivity index (χ4n) is 2.19. The number of rotatable bonds is 4. The van der Waals surface area contributed by atoms with Gasteiger partial charge < -0.3 is 4.57 Å². The summed E-state index contributed by atoms with van der Waals surface area (Å²) in [4.78, 5) is 12.5. The lowest BCUT2D eigenvalue weighted by atomic mass is 10.1. The van der Waals surface area contributed by atoms with E-state index < -0.39 is 0 Å². The molecule has 0 aliphatic rings. The summed E-state index contributed by atoms with van der Waals surface area (Å²) in [6.45, 7) is 4.14. The number of nitrogens with zero attached hydrogens (tertiary/aromatic N) is 1. The predicted molar refractivity (Wildman–Crippen MR) is 88.8 cm³/mol. The van der Waals surface area contributed by atoms with Gasteiger partial charge in [0.2, 0.25) is 0 Å². The van der Waals surface area contributed by atoms with Crippen LogP contribution in [0.4, 0.5) is 0 Å². The minimum atomic E-state index is 0.0433. The Kier molecular flexibility index (Phi) is 4.95. The highest BCUT2D eigenvalue weighted by atomic mass is 35.5. The molecule has 1 aromatic carbocycles. The van der Waals surface area contributed by atoms with Gasteiger partial charge in [-0.3, -0.25) is 4.79 Å². The molecule has 2 nitrogen and oxygen atoms in total. The molecular weight excluding hydrogens is 290 g/mol. The van der Waals surface area contributed by atoms with Gasteiger partial charge in [-0.1, -0.05) is 36.7 Å². The first-order chi connectivity index (χ1) is 9.58. The standard InChI is InChI=1S/C16H18ClNOS/c1-3-11(2)18-15(9-6-13(10-20)16(18)19)12-4-7-14(17)8-5-12/h4-9,11,20H,3,10H2,1-2H3. The van der Waals surface area contributed by atoms with Crippen molar-refractivity contribution in [2.45, 2.75) is 32.1 Å². The normalized spacial score (nSPS) is 12.4. The first kappa shape index (κ1) is 15.2. The Labute approximate surface area is 129 Å². The van der Waals surface area contributed by atoms with E-state index in [1.165, 1.54) is 0 Å². The Hall–Kier alpha value is -1.19. The number of aromatic nitrogens is 1. The number of halogens is 1. The molecule has 4 heteroatoms. The highest BCUT2D eigenvalue weighted by Gasteiger charge is 2.14. The summed E-state index contributed by atoms with van der Waals surface area (Å²) in [5.74, 6) is 0.455. The lowest BCUT2D eigenvalue weighted by molar-refractivity contribution is 0.517. The number of thiol groups is 1. The van der Waals surface area contributed by atoms with Crippen LogP contribution in [-0.2, 0) is 5.75 Å². The van der Waals surface area contributed by atoms with Crippen molar-refractivity contribution in [1.29, 1.82) is 0 Å². The molecule has 2 aromatic rings. The van der Waals surface area contributed by atoms with Gasteiger partial charge in [-0.05, 0) is 37.1 Å². The monoisotopic (exact) mass is 307 g/mol. The van der Waals surface area contributed by atoms with Gasteiger partial charge >= 0.3 is 0 Å². The molecule has 1 unspecified atom stereocenters. The average molecular weight is 308 g/mol. The van der Waals surface area contributed by atoms with E-state index in [4.69, 9.17) is 11.6 Å². The van der Waals surface area contributed by atoms with Crippen LogP contribution in [0.2, 0.25) is 5.02 Å². The van der Waals surface area contributed by atoms with Crippen molar-refractivity contribution in [3.8, 4) is 11.3 Å². The summed E-state index contributed by atoms with van der Waals surface area (Å²) in [5.41, 5.74) is 2.69. The third-order valence-corrected chi connectivity index (χ3v) is 4.13. The van der Waals surface area contributed by atoms with Crippen molar-refractivity contribution in [2.75, 3.05) is 0 Å². The smallest absolute Gasteiger partial charge is 0.255 e. The fraction of sp³-hybridized carbons (Fsp3) is 0.312. The molecule has 2 rings (SSSR count). The second kappa shape index (κ2) is 6.51. The Bertz CT molecular complexity index is 649. The van der Waals surface area contributed by atoms with Gasteiger partial charge in [-0.15, -0.1) is 0 Å². The molecule has 1 aromatic heterocycles. The van der Waals surface area contributed by atoms with Crippen molar-refractivity contribution in [3.05, 3.63) is 57.3 Å². The topological polar surface area (TPSA) is 22.0 Å². The van der Waals surface area contributed by atoms with Crippen LogP contribution >= 0.6 is 24.2 Å². The Morgan fingerprint density at radius 1 is 1.20 bits per heavy atom. The van der Waals surface area contributed by atoms with Gasteiger partial charge in [0.05, 0.1) is 5.69 Å². The zero-order valence-electron chi connectivity index (χ0n) is 11.6. The number of pyridine rings is 1. The molecule has 0 spiro atoms. The summed E-state index contributed by atoms with van der Waals surface area (Å²) in [6, 6.07) is 11.6. The van der Waals surface area contributed by atoms with Gasteiger partial charge in [-0.25, -0.2) is 0 Å². The Morgan fingerprint density at radius 2 is 1.85 bits per heavy atom. The van der Waals surface area contributed by atoms with E-state index in [0.717, 1.165) is 23.2 Å². The number of benzene rings is 1. The third-order valence-electron chi connectivity index (χ3n) is 3.54. The zero-order chi connectivity index (χ0) is 14.7. The summed E-state index contributed by atoms with van der Waals surface area (Å²) >= 11 is 10.2. The van der Waals surface area contributed by atoms with Gasteiger partial charge in [-0.2, -0.15) is 12.6 Å². The van der Waals surface area contributed by atoms with Crippen molar-refractivity contribution >= 4 is 24.2 Å². The van der Waals surface area contributed by atoms with Gasteiger partial charge in [0.25, 0.3) is 5.56 Å². The molecule has 1 heterocycles. The molecule has 0 aliphatic heterocycles. The maximum Gasteiger partial charge on any atom is 0.255 e. The first-order valence-corrected chi connectivity index (χ1v) is 7.70. The number of hydrogen-bond donors (Lipinski definition) is 1. The highest BCUT2D eigenvalue weighted by Crippen LogP contribution is 2.24. The molecule has 1 atom stereocenters. The third kappa shape index (κ3) is 2.94. The molecule has 0 saturated carbocycles. The SMILES string of the molecule is CCC(C)n1c(-c2ccc(Cl)cc2)ccc(CS)c1=O. The van der Waals surface area contributed by atoms with E-state index in [9.17, 15) is 4.79 Å². The minimum Gasteiger partial charge on any atom is -0.305 e. The molecule has 0 amide bonds. The Morgan fingerprint density at radius 3 is 2.40 bits per heavy atom. The highest BCUT2D eigenvalue weighted by molar-refractivity contribution is 7.79. The molecule has 20 heavy (non-hydrogen) atoms. The second-order valence-electron chi connectivity index (χ2n) is 4.84. The summed E-state index contributed by atoms with van der Waals surface area (Å²) in [5, 5.41) is 0.693. The minimum absolute atomic E-state index is 0.0433. The van der Waals surface area contributed by atoms with Crippen molar-refractivity contribution < 1.29 is 0 Å². The van der Waals surface area contributed by atoms with Crippen LogP contribution in [0.3, 0.4) is 0 Å². The quantitative estimate of drug-likeness (QED) is 0.821. The van der Waals surface area contributed by atoms with E-state index in [2.05, 4.69) is 26.5 Å². The average Bonchev–Trinajstić information content (AvgIpc) is 2.47. The van der Waals surface area contributed by atoms with E-state index in [1.807, 2.05) is 41.0 Å². The van der Waals surface area contributed by atoms with Crippen LogP contribution in [0, 0.1) is 0 Å². The van der Waals surface area contributed by atoms with Crippen LogP contribution < -0.4 is 5.56 Å². The number of hydrogen-bond acceptors (Lipinski definition) is 2. The maximum absolute atomic E-state index is 12.5. The molecule has 0 saturated heterocycles. The lowest BCUT2D eigenvalue weighted by Crippen LogP contribution is -2.27. The molecular formula is C16H18ClNOS. The predicted octanol–water partition coefficient (Wildman–Crippen LogP) is 4.57. The van der Waals surface area contributed by atoms with Crippen LogP contribution in [-0.4, -0.2) is 4.57 Å². The van der Waals surface area contributed by atoms with Crippen molar-refractivity contribution in [3.63, 3.8) is 0 Å². The largest absolute Gasteiger partial charge is 0.305 e. The van der Waals surface area contributed by atoms with Crippen LogP contribution in [0.25, 0.3) is 11.3 Å². The van der Waals surface area contributed by atoms with Crippen LogP contribution in [0.5, 0.6) is 0 Å². The molecule has 106 valence electrons. The van der Waals surface area contributed by atoms with Crippen LogP contribution in [0.15, 0.2) is 41.2 Å². The lowest BCUT2D eigenvalue weighted by Gasteiger charge is -2.20. The van der Waals surface area contributed by atoms with Gasteiger partial charge in [0.15, 0.2) is 0 Å². The fourth-order valence-corrected chi connectivity index (χ4v) is 2.56. The Balaban J connectivity index is 2.66. The summed E-state index contributed by atoms with van der Waals surface area (Å²) in [7, 11) is 0. The molecule has 0 radical (unpaired) electrons. The summed E-state index contributed by atoms with van der Waals surface area (Å²) in [6.07, 6.45) is 0.899. The first-order valence-electron chi connectivity index (χ1n) is 6.69. The van der Waals surface area contributed by atoms with E-state index >= 15 is 0 Å². The second-order valence-corrected chi connectivity index (χ2v) is 5.59.